The number of carbonyl (C=O) groups excluding carboxylic acids is 2. The maximum Gasteiger partial charge on any atom is 0.223 e. The van der Waals surface area contributed by atoms with Gasteiger partial charge in [0.25, 0.3) is 0 Å². The van der Waals surface area contributed by atoms with Crippen LogP contribution >= 0.6 is 0 Å². The van der Waals surface area contributed by atoms with Gasteiger partial charge in [-0.1, -0.05) is 0 Å². The van der Waals surface area contributed by atoms with E-state index in [2.05, 4.69) is 5.32 Å². The zero-order valence-corrected chi connectivity index (χ0v) is 9.41. The number of hydrogen-bond donors (Lipinski definition) is 1. The van der Waals surface area contributed by atoms with Gasteiger partial charge in [-0.2, -0.15) is 0 Å². The van der Waals surface area contributed by atoms with Crippen LogP contribution in [-0.4, -0.2) is 18.4 Å². The van der Waals surface area contributed by atoms with Gasteiger partial charge in [-0.25, -0.2) is 0 Å². The topological polar surface area (TPSA) is 49.4 Å². The number of anilines is 2. The first-order valence-corrected chi connectivity index (χ1v) is 5.26. The van der Waals surface area contributed by atoms with Gasteiger partial charge in [0.15, 0.2) is 0 Å². The summed E-state index contributed by atoms with van der Waals surface area (Å²) >= 11 is 0. The second kappa shape index (κ2) is 3.96. The summed E-state index contributed by atoms with van der Waals surface area (Å²) < 4.78 is 0. The molecule has 1 aliphatic rings. The van der Waals surface area contributed by atoms with Crippen molar-refractivity contribution in [2.75, 3.05) is 16.8 Å². The Bertz CT molecular complexity index is 454. The van der Waals surface area contributed by atoms with Crippen LogP contribution in [-0.2, 0) is 16.0 Å². The van der Waals surface area contributed by atoms with Crippen LogP contribution in [0.2, 0.25) is 0 Å². The van der Waals surface area contributed by atoms with Gasteiger partial charge in [-0.15, -0.1) is 0 Å². The highest BCUT2D eigenvalue weighted by Crippen LogP contribution is 2.30. The minimum absolute atomic E-state index is 0.0611. The number of benzene rings is 1. The third-order valence-electron chi connectivity index (χ3n) is 2.68. The van der Waals surface area contributed by atoms with Crippen LogP contribution in [0.1, 0.15) is 19.4 Å². The van der Waals surface area contributed by atoms with E-state index in [1.165, 1.54) is 6.92 Å². The third kappa shape index (κ3) is 1.91. The van der Waals surface area contributed by atoms with Crippen molar-refractivity contribution in [3.05, 3.63) is 23.8 Å². The molecule has 1 aromatic carbocycles. The molecule has 84 valence electrons. The Kier molecular flexibility index (Phi) is 2.64. The summed E-state index contributed by atoms with van der Waals surface area (Å²) in [5.41, 5.74) is 2.86. The summed E-state index contributed by atoms with van der Waals surface area (Å²) in [6.45, 7) is 3.78. The normalized spacial score (nSPS) is 13.5. The number of carbonyl (C=O) groups is 2. The second-order valence-corrected chi connectivity index (χ2v) is 3.95. The maximum atomic E-state index is 11.3. The highest BCUT2D eigenvalue weighted by molar-refractivity contribution is 5.95. The Balaban J connectivity index is 2.29. The predicted octanol–water partition coefficient (Wildman–Crippen LogP) is 1.55. The Morgan fingerprint density at radius 2 is 2.06 bits per heavy atom. The zero-order valence-electron chi connectivity index (χ0n) is 9.41. The Hall–Kier alpha value is -1.84. The molecule has 16 heavy (non-hydrogen) atoms. The van der Waals surface area contributed by atoms with E-state index in [0.29, 0.717) is 0 Å². The molecule has 0 aromatic heterocycles. The van der Waals surface area contributed by atoms with Gasteiger partial charge in [0, 0.05) is 31.8 Å². The second-order valence-electron chi connectivity index (χ2n) is 3.95. The summed E-state index contributed by atoms with van der Waals surface area (Å²) in [5, 5.41) is 2.74. The highest BCUT2D eigenvalue weighted by Gasteiger charge is 2.21. The molecule has 0 aliphatic carbocycles. The first-order valence-electron chi connectivity index (χ1n) is 5.26. The van der Waals surface area contributed by atoms with Crippen molar-refractivity contribution in [1.82, 2.24) is 0 Å². The van der Waals surface area contributed by atoms with Gasteiger partial charge < -0.3 is 10.2 Å². The SMILES string of the molecule is CC(=O)Nc1ccc2c(c1)CCN2C(C)=O. The van der Waals surface area contributed by atoms with Gasteiger partial charge in [-0.3, -0.25) is 9.59 Å². The molecule has 0 atom stereocenters. The third-order valence-corrected chi connectivity index (χ3v) is 2.68. The van der Waals surface area contributed by atoms with E-state index < -0.39 is 0 Å². The molecule has 0 unspecified atom stereocenters. The van der Waals surface area contributed by atoms with E-state index in [1.54, 1.807) is 11.8 Å². The summed E-state index contributed by atoms with van der Waals surface area (Å²) in [4.78, 5) is 24.0. The van der Waals surface area contributed by atoms with Crippen molar-refractivity contribution in [3.63, 3.8) is 0 Å². The highest BCUT2D eigenvalue weighted by atomic mass is 16.2. The van der Waals surface area contributed by atoms with Crippen molar-refractivity contribution < 1.29 is 9.59 Å². The van der Waals surface area contributed by atoms with Crippen LogP contribution in [0.5, 0.6) is 0 Å². The maximum absolute atomic E-state index is 11.3. The van der Waals surface area contributed by atoms with E-state index in [-0.39, 0.29) is 11.8 Å². The van der Waals surface area contributed by atoms with Crippen LogP contribution in [0.4, 0.5) is 11.4 Å². The molecule has 0 saturated carbocycles. The van der Waals surface area contributed by atoms with Gasteiger partial charge in [0.05, 0.1) is 0 Å². The molecule has 0 radical (unpaired) electrons. The summed E-state index contributed by atoms with van der Waals surface area (Å²) in [6.07, 6.45) is 0.850. The molecule has 0 bridgehead atoms. The Morgan fingerprint density at radius 1 is 1.31 bits per heavy atom. The molecule has 1 heterocycles. The molecule has 1 aliphatic heterocycles. The minimum atomic E-state index is -0.0821. The lowest BCUT2D eigenvalue weighted by molar-refractivity contribution is -0.116. The monoisotopic (exact) mass is 218 g/mol. The first kappa shape index (κ1) is 10.7. The molecular formula is C12H14N2O2. The molecule has 4 nitrogen and oxygen atoms in total. The average Bonchev–Trinajstić information content (AvgIpc) is 2.59. The number of hydrogen-bond acceptors (Lipinski definition) is 2. The van der Waals surface area contributed by atoms with Gasteiger partial charge in [0.2, 0.25) is 11.8 Å². The average molecular weight is 218 g/mol. The molecule has 0 saturated heterocycles. The van der Waals surface area contributed by atoms with E-state index in [0.717, 1.165) is 29.9 Å². The van der Waals surface area contributed by atoms with E-state index in [9.17, 15) is 9.59 Å². The molecule has 0 fully saturated rings. The van der Waals surface area contributed by atoms with Crippen molar-refractivity contribution in [2.24, 2.45) is 0 Å². The lowest BCUT2D eigenvalue weighted by Crippen LogP contribution is -2.25. The fraction of sp³-hybridized carbons (Fsp3) is 0.333. The minimum Gasteiger partial charge on any atom is -0.326 e. The number of fused-ring (bicyclic) bond motifs is 1. The fourth-order valence-electron chi connectivity index (χ4n) is 2.01. The fourth-order valence-corrected chi connectivity index (χ4v) is 2.01. The molecule has 1 aromatic rings. The van der Waals surface area contributed by atoms with Gasteiger partial charge >= 0.3 is 0 Å². The summed E-state index contributed by atoms with van der Waals surface area (Å²) in [6, 6.07) is 5.64. The standard InChI is InChI=1S/C12H14N2O2/c1-8(15)13-11-3-4-12-10(7-11)5-6-14(12)9(2)16/h3-4,7H,5-6H2,1-2H3,(H,13,15). The largest absolute Gasteiger partial charge is 0.326 e. The van der Waals surface area contributed by atoms with Crippen LogP contribution < -0.4 is 10.2 Å². The molecule has 2 rings (SSSR count). The lowest BCUT2D eigenvalue weighted by atomic mass is 10.1. The molecule has 2 amide bonds. The van der Waals surface area contributed by atoms with E-state index in [1.807, 2.05) is 18.2 Å². The van der Waals surface area contributed by atoms with Crippen molar-refractivity contribution >= 4 is 23.2 Å². The summed E-state index contributed by atoms with van der Waals surface area (Å²) in [7, 11) is 0. The van der Waals surface area contributed by atoms with Crippen molar-refractivity contribution in [2.45, 2.75) is 20.3 Å². The molecule has 4 heteroatoms. The zero-order chi connectivity index (χ0) is 11.7. The Morgan fingerprint density at radius 3 is 2.69 bits per heavy atom. The number of nitrogens with zero attached hydrogens (tertiary/aromatic N) is 1. The van der Waals surface area contributed by atoms with Crippen LogP contribution in [0.3, 0.4) is 0 Å². The van der Waals surface area contributed by atoms with E-state index in [4.69, 9.17) is 0 Å². The van der Waals surface area contributed by atoms with Crippen molar-refractivity contribution in [3.8, 4) is 0 Å². The molecular weight excluding hydrogens is 204 g/mol. The van der Waals surface area contributed by atoms with Crippen LogP contribution in [0, 0.1) is 0 Å². The van der Waals surface area contributed by atoms with Gasteiger partial charge in [-0.05, 0) is 30.2 Å². The van der Waals surface area contributed by atoms with Crippen LogP contribution in [0.15, 0.2) is 18.2 Å². The van der Waals surface area contributed by atoms with E-state index >= 15 is 0 Å². The first-order chi connectivity index (χ1) is 7.58. The molecule has 1 N–H and O–H groups in total. The number of rotatable bonds is 1. The van der Waals surface area contributed by atoms with Crippen LogP contribution in [0.25, 0.3) is 0 Å². The number of amides is 2. The Labute approximate surface area is 94.2 Å². The summed E-state index contributed by atoms with van der Waals surface area (Å²) in [5.74, 6) is -0.0209. The smallest absolute Gasteiger partial charge is 0.223 e. The molecule has 0 spiro atoms. The predicted molar refractivity (Wildman–Crippen MR) is 62.5 cm³/mol. The quantitative estimate of drug-likeness (QED) is 0.777. The number of nitrogens with one attached hydrogen (secondary N) is 1. The lowest BCUT2D eigenvalue weighted by Gasteiger charge is -2.14. The van der Waals surface area contributed by atoms with Gasteiger partial charge in [0.1, 0.15) is 0 Å². The van der Waals surface area contributed by atoms with Crippen molar-refractivity contribution in [1.29, 1.82) is 0 Å².